The first-order valence-corrected chi connectivity index (χ1v) is 10.0. The molecule has 1 amide bonds. The first-order valence-electron chi connectivity index (χ1n) is 9.27. The molecule has 0 atom stereocenters. The molecule has 3 rings (SSSR count). The fourth-order valence-corrected chi connectivity index (χ4v) is 3.84. The summed E-state index contributed by atoms with van der Waals surface area (Å²) in [7, 11) is 3.26. The molecule has 8 heteroatoms. The van der Waals surface area contributed by atoms with Gasteiger partial charge in [-0.2, -0.15) is 4.37 Å². The molecule has 0 unspecified atom stereocenters. The van der Waals surface area contributed by atoms with E-state index < -0.39 is 0 Å². The van der Waals surface area contributed by atoms with Crippen molar-refractivity contribution >= 4 is 33.9 Å². The van der Waals surface area contributed by atoms with Crippen LogP contribution in [-0.4, -0.2) is 36.1 Å². The van der Waals surface area contributed by atoms with E-state index in [0.29, 0.717) is 29.6 Å². The molecule has 0 aliphatic heterocycles. The van der Waals surface area contributed by atoms with Crippen molar-refractivity contribution in [3.8, 4) is 5.75 Å². The minimum absolute atomic E-state index is 0.0721. The van der Waals surface area contributed by atoms with E-state index >= 15 is 0 Å². The lowest BCUT2D eigenvalue weighted by Gasteiger charge is -2.21. The van der Waals surface area contributed by atoms with E-state index in [2.05, 4.69) is 20.0 Å². The average molecular weight is 391 g/mol. The van der Waals surface area contributed by atoms with Gasteiger partial charge in [-0.1, -0.05) is 19.3 Å². The van der Waals surface area contributed by atoms with Crippen molar-refractivity contribution in [1.29, 1.82) is 0 Å². The van der Waals surface area contributed by atoms with Gasteiger partial charge in [0.15, 0.2) is 0 Å². The Kier molecular flexibility index (Phi) is 7.00. The van der Waals surface area contributed by atoms with Crippen LogP contribution in [0.3, 0.4) is 0 Å². The molecule has 1 saturated carbocycles. The molecule has 1 heterocycles. The van der Waals surface area contributed by atoms with E-state index in [0.717, 1.165) is 37.2 Å². The van der Waals surface area contributed by atoms with Gasteiger partial charge in [-0.3, -0.25) is 4.79 Å². The summed E-state index contributed by atoms with van der Waals surface area (Å²) in [6, 6.07) is 5.60. The van der Waals surface area contributed by atoms with E-state index in [1.54, 1.807) is 14.2 Å². The molecule has 0 bridgehead atoms. The van der Waals surface area contributed by atoms with Gasteiger partial charge < -0.3 is 20.1 Å². The van der Waals surface area contributed by atoms with Gasteiger partial charge in [0, 0.05) is 36.7 Å². The molecule has 1 aliphatic rings. The second-order valence-corrected chi connectivity index (χ2v) is 7.37. The summed E-state index contributed by atoms with van der Waals surface area (Å²) in [5.41, 5.74) is 1.49. The molecule has 0 radical (unpaired) electrons. The van der Waals surface area contributed by atoms with Crippen LogP contribution in [0.2, 0.25) is 0 Å². The van der Waals surface area contributed by atoms with Crippen LogP contribution in [-0.2, 0) is 16.0 Å². The van der Waals surface area contributed by atoms with Gasteiger partial charge in [-0.15, -0.1) is 0 Å². The number of rotatable bonds is 8. The summed E-state index contributed by atoms with van der Waals surface area (Å²) in [5, 5.41) is 6.98. The zero-order chi connectivity index (χ0) is 19.1. The average Bonchev–Trinajstić information content (AvgIpc) is 3.14. The fraction of sp³-hybridized carbons (Fsp3) is 0.526. The highest BCUT2D eigenvalue weighted by Crippen LogP contribution is 2.32. The Morgan fingerprint density at radius 1 is 1.26 bits per heavy atom. The lowest BCUT2D eigenvalue weighted by Crippen LogP contribution is -2.25. The highest BCUT2D eigenvalue weighted by Gasteiger charge is 2.22. The van der Waals surface area contributed by atoms with Gasteiger partial charge in [0.1, 0.15) is 11.6 Å². The van der Waals surface area contributed by atoms with Crippen molar-refractivity contribution in [2.24, 2.45) is 5.92 Å². The predicted octanol–water partition coefficient (Wildman–Crippen LogP) is 4.00. The number of carbonyl (C=O) groups excluding carboxylic acids is 1. The highest BCUT2D eigenvalue weighted by atomic mass is 32.1. The fourth-order valence-electron chi connectivity index (χ4n) is 3.21. The third kappa shape index (κ3) is 5.40. The Morgan fingerprint density at radius 2 is 2.07 bits per heavy atom. The minimum Gasteiger partial charge on any atom is -0.495 e. The first kappa shape index (κ1) is 19.6. The zero-order valence-corrected chi connectivity index (χ0v) is 16.6. The Balaban J connectivity index is 1.69. The maximum Gasteiger partial charge on any atom is 0.227 e. The van der Waals surface area contributed by atoms with E-state index in [1.165, 1.54) is 18.0 Å². The molecule has 7 nitrogen and oxygen atoms in total. The zero-order valence-electron chi connectivity index (χ0n) is 15.8. The Labute approximate surface area is 163 Å². The summed E-state index contributed by atoms with van der Waals surface area (Å²) < 4.78 is 14.8. The van der Waals surface area contributed by atoms with E-state index in [-0.39, 0.29) is 11.8 Å². The number of anilines is 3. The van der Waals surface area contributed by atoms with Crippen LogP contribution in [0.25, 0.3) is 0 Å². The lowest BCUT2D eigenvalue weighted by atomic mass is 9.88. The quantitative estimate of drug-likeness (QED) is 0.709. The number of methoxy groups -OCH3 is 2. The van der Waals surface area contributed by atoms with Gasteiger partial charge in [-0.05, 0) is 31.0 Å². The Hall–Kier alpha value is -2.19. The molecule has 27 heavy (non-hydrogen) atoms. The monoisotopic (exact) mass is 390 g/mol. The van der Waals surface area contributed by atoms with Gasteiger partial charge >= 0.3 is 0 Å². The molecule has 2 aromatic rings. The molecule has 1 aliphatic carbocycles. The molecule has 1 aromatic carbocycles. The molecule has 1 fully saturated rings. The van der Waals surface area contributed by atoms with E-state index in [9.17, 15) is 4.79 Å². The molecule has 0 saturated heterocycles. The number of nitrogens with zero attached hydrogens (tertiary/aromatic N) is 2. The third-order valence-electron chi connectivity index (χ3n) is 4.68. The van der Waals surface area contributed by atoms with Crippen LogP contribution < -0.4 is 15.4 Å². The van der Waals surface area contributed by atoms with Crippen molar-refractivity contribution in [2.75, 3.05) is 31.5 Å². The topological polar surface area (TPSA) is 85.4 Å². The van der Waals surface area contributed by atoms with Crippen molar-refractivity contribution in [2.45, 2.75) is 38.5 Å². The number of carbonyl (C=O) groups is 1. The van der Waals surface area contributed by atoms with Crippen LogP contribution in [0.15, 0.2) is 18.2 Å². The van der Waals surface area contributed by atoms with E-state index in [1.807, 2.05) is 18.2 Å². The number of nitrogens with one attached hydrogen (secondary N) is 2. The number of ether oxygens (including phenoxy) is 2. The smallest absolute Gasteiger partial charge is 0.227 e. The third-order valence-corrected chi connectivity index (χ3v) is 5.35. The summed E-state index contributed by atoms with van der Waals surface area (Å²) in [4.78, 5) is 17.0. The standard InChI is InChI=1S/C19H26N4O3S/c1-25-11-10-17-22-19(27-23-17)20-14-8-9-16(26-2)15(12-14)21-18(24)13-6-4-3-5-7-13/h8-9,12-13H,3-7,10-11H2,1-2H3,(H,21,24)(H,20,22,23). The molecule has 146 valence electrons. The normalized spacial score (nSPS) is 14.7. The Morgan fingerprint density at radius 3 is 2.81 bits per heavy atom. The molecular formula is C19H26N4O3S. The number of hydrogen-bond acceptors (Lipinski definition) is 7. The largest absolute Gasteiger partial charge is 0.495 e. The second kappa shape index (κ2) is 9.66. The van der Waals surface area contributed by atoms with Crippen molar-refractivity contribution in [3.63, 3.8) is 0 Å². The number of hydrogen-bond donors (Lipinski definition) is 2. The second-order valence-electron chi connectivity index (χ2n) is 6.62. The molecule has 2 N–H and O–H groups in total. The molecular weight excluding hydrogens is 364 g/mol. The summed E-state index contributed by atoms with van der Waals surface area (Å²) >= 11 is 1.30. The van der Waals surface area contributed by atoms with Crippen molar-refractivity contribution < 1.29 is 14.3 Å². The maximum absolute atomic E-state index is 12.6. The van der Waals surface area contributed by atoms with Crippen LogP contribution in [0.4, 0.5) is 16.5 Å². The van der Waals surface area contributed by atoms with Crippen LogP contribution >= 0.6 is 11.5 Å². The number of amides is 1. The van der Waals surface area contributed by atoms with E-state index in [4.69, 9.17) is 9.47 Å². The lowest BCUT2D eigenvalue weighted by molar-refractivity contribution is -0.120. The van der Waals surface area contributed by atoms with Crippen LogP contribution in [0.5, 0.6) is 5.75 Å². The van der Waals surface area contributed by atoms with Crippen molar-refractivity contribution in [3.05, 3.63) is 24.0 Å². The van der Waals surface area contributed by atoms with Crippen LogP contribution in [0.1, 0.15) is 37.9 Å². The number of aromatic nitrogens is 2. The minimum atomic E-state index is 0.0721. The van der Waals surface area contributed by atoms with Gasteiger partial charge in [0.05, 0.1) is 19.4 Å². The molecule has 0 spiro atoms. The van der Waals surface area contributed by atoms with Crippen molar-refractivity contribution in [1.82, 2.24) is 9.36 Å². The summed E-state index contributed by atoms with van der Waals surface area (Å²) in [5.74, 6) is 1.56. The SMILES string of the molecule is COCCc1nsc(Nc2ccc(OC)c(NC(=O)C3CCCCC3)c2)n1. The highest BCUT2D eigenvalue weighted by molar-refractivity contribution is 7.09. The summed E-state index contributed by atoms with van der Waals surface area (Å²) in [6.07, 6.45) is 6.07. The van der Waals surface area contributed by atoms with Gasteiger partial charge in [-0.25, -0.2) is 4.98 Å². The first-order chi connectivity index (χ1) is 13.2. The maximum atomic E-state index is 12.6. The predicted molar refractivity (Wildman–Crippen MR) is 107 cm³/mol. The van der Waals surface area contributed by atoms with Crippen LogP contribution in [0, 0.1) is 5.92 Å². The Bertz CT molecular complexity index is 759. The number of benzene rings is 1. The molecule has 1 aromatic heterocycles. The van der Waals surface area contributed by atoms with Gasteiger partial charge in [0.2, 0.25) is 11.0 Å². The summed E-state index contributed by atoms with van der Waals surface area (Å²) in [6.45, 7) is 0.593. The van der Waals surface area contributed by atoms with Gasteiger partial charge in [0.25, 0.3) is 0 Å².